The summed E-state index contributed by atoms with van der Waals surface area (Å²) in [5.74, 6) is 0. The number of urea groups is 1. The van der Waals surface area contributed by atoms with Gasteiger partial charge in [0.25, 0.3) is 0 Å². The first-order valence-electron chi connectivity index (χ1n) is 10.6. The molecule has 5 rings (SSSR count). The van der Waals surface area contributed by atoms with Gasteiger partial charge in [-0.2, -0.15) is 0 Å². The Morgan fingerprint density at radius 3 is 2.66 bits per heavy atom. The lowest BCUT2D eigenvalue weighted by atomic mass is 10.00. The Kier molecular flexibility index (Phi) is 4.62. The maximum atomic E-state index is 13.5. The van der Waals surface area contributed by atoms with Crippen LogP contribution in [0.3, 0.4) is 0 Å². The molecular weight excluding hydrogens is 358 g/mol. The zero-order valence-electron chi connectivity index (χ0n) is 16.8. The third kappa shape index (κ3) is 3.33. The molecule has 2 aliphatic rings. The number of amides is 2. The van der Waals surface area contributed by atoms with Crippen molar-refractivity contribution in [2.75, 3.05) is 0 Å². The number of carbonyl (C=O) groups excluding carboxylic acids is 1. The molecule has 1 aromatic heterocycles. The van der Waals surface area contributed by atoms with Crippen LogP contribution in [0.15, 0.2) is 66.9 Å². The van der Waals surface area contributed by atoms with Crippen molar-refractivity contribution >= 4 is 6.03 Å². The van der Waals surface area contributed by atoms with Gasteiger partial charge in [-0.05, 0) is 49.1 Å². The van der Waals surface area contributed by atoms with Gasteiger partial charge in [0, 0.05) is 17.9 Å². The molecule has 0 spiro atoms. The molecule has 1 aliphatic heterocycles. The fourth-order valence-electron chi connectivity index (χ4n) is 4.86. The van der Waals surface area contributed by atoms with Gasteiger partial charge >= 0.3 is 6.03 Å². The van der Waals surface area contributed by atoms with Gasteiger partial charge in [-0.1, -0.05) is 60.9 Å². The molecule has 1 N–H and O–H groups in total. The highest BCUT2D eigenvalue weighted by molar-refractivity contribution is 5.76. The van der Waals surface area contributed by atoms with Gasteiger partial charge < -0.3 is 14.8 Å². The van der Waals surface area contributed by atoms with Crippen LogP contribution in [0, 0.1) is 6.92 Å². The molecule has 1 fully saturated rings. The number of para-hydroxylation sites is 1. The van der Waals surface area contributed by atoms with E-state index in [-0.39, 0.29) is 12.1 Å². The summed E-state index contributed by atoms with van der Waals surface area (Å²) in [6.45, 7) is 2.70. The zero-order chi connectivity index (χ0) is 19.8. The maximum Gasteiger partial charge on any atom is 0.318 e. The highest BCUT2D eigenvalue weighted by atomic mass is 16.2. The van der Waals surface area contributed by atoms with Crippen LogP contribution in [0.5, 0.6) is 0 Å². The van der Waals surface area contributed by atoms with Crippen LogP contribution in [0.25, 0.3) is 5.69 Å². The number of nitrogens with zero attached hydrogens (tertiary/aromatic N) is 2. The summed E-state index contributed by atoms with van der Waals surface area (Å²) in [4.78, 5) is 15.5. The second-order valence-electron chi connectivity index (χ2n) is 8.31. The van der Waals surface area contributed by atoms with Crippen LogP contribution in [0.2, 0.25) is 0 Å². The van der Waals surface area contributed by atoms with E-state index in [4.69, 9.17) is 0 Å². The summed E-state index contributed by atoms with van der Waals surface area (Å²) in [6.07, 6.45) is 6.69. The second kappa shape index (κ2) is 7.43. The maximum absolute atomic E-state index is 13.5. The van der Waals surface area contributed by atoms with E-state index >= 15 is 0 Å². The van der Waals surface area contributed by atoms with Gasteiger partial charge in [0.15, 0.2) is 0 Å². The molecule has 0 radical (unpaired) electrons. The largest absolute Gasteiger partial charge is 0.335 e. The standard InChI is InChI=1S/C25H27N3O/c1-18-8-6-10-19(16-18)24-23-14-7-15-27(23)22-13-5-2-9-20(22)17-28(24)25(29)26-21-11-3-4-12-21/h2,5-10,13-16,21,24H,3-4,11-12,17H2,1H3,(H,26,29). The number of carbonyl (C=O) groups is 1. The molecule has 4 heteroatoms. The Morgan fingerprint density at radius 2 is 1.83 bits per heavy atom. The molecule has 2 amide bonds. The SMILES string of the molecule is Cc1cccc(C2c3cccn3-c3ccccc3CN2C(=O)NC2CCCC2)c1. The number of benzene rings is 2. The Balaban J connectivity index is 1.63. The Morgan fingerprint density at radius 1 is 1.00 bits per heavy atom. The molecular formula is C25H27N3O. The van der Waals surface area contributed by atoms with E-state index in [1.165, 1.54) is 24.0 Å². The van der Waals surface area contributed by atoms with Gasteiger partial charge in [-0.25, -0.2) is 4.79 Å². The first-order valence-corrected chi connectivity index (χ1v) is 10.6. The van der Waals surface area contributed by atoms with E-state index in [1.54, 1.807) is 0 Å². The van der Waals surface area contributed by atoms with Gasteiger partial charge in [-0.15, -0.1) is 0 Å². The van der Waals surface area contributed by atoms with E-state index in [0.717, 1.165) is 29.8 Å². The average Bonchev–Trinajstić information content (AvgIpc) is 3.38. The summed E-state index contributed by atoms with van der Waals surface area (Å²) < 4.78 is 2.24. The monoisotopic (exact) mass is 385 g/mol. The minimum Gasteiger partial charge on any atom is -0.335 e. The van der Waals surface area contributed by atoms with E-state index in [9.17, 15) is 4.79 Å². The lowest BCUT2D eigenvalue weighted by molar-refractivity contribution is 0.176. The number of hydrogen-bond donors (Lipinski definition) is 1. The van der Waals surface area contributed by atoms with E-state index in [2.05, 4.69) is 83.7 Å². The topological polar surface area (TPSA) is 37.3 Å². The van der Waals surface area contributed by atoms with Crippen molar-refractivity contribution in [3.63, 3.8) is 0 Å². The fourth-order valence-corrected chi connectivity index (χ4v) is 4.86. The molecule has 1 unspecified atom stereocenters. The molecule has 1 atom stereocenters. The van der Waals surface area contributed by atoms with Crippen molar-refractivity contribution < 1.29 is 4.79 Å². The van der Waals surface area contributed by atoms with Crippen molar-refractivity contribution in [3.8, 4) is 5.69 Å². The highest BCUT2D eigenvalue weighted by Crippen LogP contribution is 2.37. The second-order valence-corrected chi connectivity index (χ2v) is 8.31. The van der Waals surface area contributed by atoms with Crippen molar-refractivity contribution in [1.82, 2.24) is 14.8 Å². The molecule has 1 saturated carbocycles. The molecule has 3 aromatic rings. The van der Waals surface area contributed by atoms with Gasteiger partial charge in [0.05, 0.1) is 18.3 Å². The molecule has 0 saturated heterocycles. The van der Waals surface area contributed by atoms with Gasteiger partial charge in [-0.3, -0.25) is 0 Å². The fraction of sp³-hybridized carbons (Fsp3) is 0.320. The normalized spacial score (nSPS) is 18.8. The molecule has 2 heterocycles. The summed E-state index contributed by atoms with van der Waals surface area (Å²) in [5.41, 5.74) is 5.81. The minimum atomic E-state index is -0.126. The Labute approximate surface area is 172 Å². The van der Waals surface area contributed by atoms with Crippen LogP contribution in [0.4, 0.5) is 4.79 Å². The van der Waals surface area contributed by atoms with Crippen LogP contribution >= 0.6 is 0 Å². The number of fused-ring (bicyclic) bond motifs is 3. The molecule has 2 aromatic carbocycles. The number of hydrogen-bond acceptors (Lipinski definition) is 1. The number of aromatic nitrogens is 1. The third-order valence-corrected chi connectivity index (χ3v) is 6.27. The van der Waals surface area contributed by atoms with Crippen LogP contribution in [-0.2, 0) is 6.54 Å². The molecule has 1 aliphatic carbocycles. The summed E-state index contributed by atoms with van der Waals surface area (Å²) in [5, 5.41) is 3.32. The first-order chi connectivity index (χ1) is 14.2. The van der Waals surface area contributed by atoms with E-state index in [1.807, 2.05) is 4.90 Å². The zero-order valence-corrected chi connectivity index (χ0v) is 16.8. The number of nitrogens with one attached hydrogen (secondary N) is 1. The molecule has 4 nitrogen and oxygen atoms in total. The quantitative estimate of drug-likeness (QED) is 0.635. The predicted molar refractivity (Wildman–Crippen MR) is 115 cm³/mol. The average molecular weight is 386 g/mol. The first kappa shape index (κ1) is 18.0. The predicted octanol–water partition coefficient (Wildman–Crippen LogP) is 5.34. The summed E-state index contributed by atoms with van der Waals surface area (Å²) in [6, 6.07) is 21.4. The van der Waals surface area contributed by atoms with Gasteiger partial charge in [0.1, 0.15) is 0 Å². The van der Waals surface area contributed by atoms with Crippen molar-refractivity contribution in [2.24, 2.45) is 0 Å². The van der Waals surface area contributed by atoms with Crippen molar-refractivity contribution in [1.29, 1.82) is 0 Å². The lowest BCUT2D eigenvalue weighted by Crippen LogP contribution is -2.45. The summed E-state index contributed by atoms with van der Waals surface area (Å²) >= 11 is 0. The molecule has 148 valence electrons. The van der Waals surface area contributed by atoms with Crippen LogP contribution < -0.4 is 5.32 Å². The van der Waals surface area contributed by atoms with E-state index in [0.29, 0.717) is 12.6 Å². The molecule has 29 heavy (non-hydrogen) atoms. The van der Waals surface area contributed by atoms with Crippen LogP contribution in [0.1, 0.15) is 54.1 Å². The third-order valence-electron chi connectivity index (χ3n) is 6.27. The van der Waals surface area contributed by atoms with Crippen molar-refractivity contribution in [2.45, 2.75) is 51.2 Å². The van der Waals surface area contributed by atoms with Gasteiger partial charge in [0.2, 0.25) is 0 Å². The Bertz CT molecular complexity index is 1030. The highest BCUT2D eigenvalue weighted by Gasteiger charge is 2.34. The smallest absolute Gasteiger partial charge is 0.318 e. The Hall–Kier alpha value is -3.01. The number of aryl methyl sites for hydroxylation is 1. The van der Waals surface area contributed by atoms with Crippen LogP contribution in [-0.4, -0.2) is 21.5 Å². The number of rotatable bonds is 2. The lowest BCUT2D eigenvalue weighted by Gasteiger charge is -2.32. The minimum absolute atomic E-state index is 0.0351. The summed E-state index contributed by atoms with van der Waals surface area (Å²) in [7, 11) is 0. The van der Waals surface area contributed by atoms with Crippen molar-refractivity contribution in [3.05, 3.63) is 89.2 Å². The molecule has 0 bridgehead atoms. The van der Waals surface area contributed by atoms with E-state index < -0.39 is 0 Å².